The molecule has 1 aromatic carbocycles. The molecule has 0 aliphatic heterocycles. The van der Waals surface area contributed by atoms with E-state index in [-0.39, 0.29) is 11.9 Å². The first kappa shape index (κ1) is 13.1. The zero-order chi connectivity index (χ0) is 13.3. The molecule has 0 heterocycles. The van der Waals surface area contributed by atoms with Gasteiger partial charge in [0.05, 0.1) is 6.04 Å². The molecule has 1 unspecified atom stereocenters. The van der Waals surface area contributed by atoms with Crippen molar-refractivity contribution in [3.63, 3.8) is 0 Å². The summed E-state index contributed by atoms with van der Waals surface area (Å²) in [4.78, 5) is 22.9. The normalized spacial score (nSPS) is 17.9. The van der Waals surface area contributed by atoms with E-state index in [1.54, 1.807) is 0 Å². The Hall–Kier alpha value is -1.36. The lowest BCUT2D eigenvalue weighted by Crippen LogP contribution is -2.38. The van der Waals surface area contributed by atoms with Gasteiger partial charge in [0.2, 0.25) is 5.91 Å². The quantitative estimate of drug-likeness (QED) is 0.840. The summed E-state index contributed by atoms with van der Waals surface area (Å²) in [5, 5.41) is 11.8. The lowest BCUT2D eigenvalue weighted by molar-refractivity contribution is -0.149. The molecule has 1 amide bonds. The number of hydrogen-bond acceptors (Lipinski definition) is 2. The number of carbonyl (C=O) groups excluding carboxylic acids is 1. The topological polar surface area (TPSA) is 66.4 Å². The second-order valence-corrected chi connectivity index (χ2v) is 5.55. The number of aliphatic carboxylic acids is 1. The predicted octanol–water partition coefficient (Wildman–Crippen LogP) is 2.49. The Labute approximate surface area is 114 Å². The average Bonchev–Trinajstić information content (AvgIpc) is 3.10. The van der Waals surface area contributed by atoms with E-state index in [4.69, 9.17) is 5.11 Å². The number of carbonyl (C=O) groups is 2. The van der Waals surface area contributed by atoms with Crippen LogP contribution in [-0.2, 0) is 9.59 Å². The summed E-state index contributed by atoms with van der Waals surface area (Å²) in [6.07, 6.45) is 0.864. The highest BCUT2D eigenvalue weighted by atomic mass is 79.9. The highest BCUT2D eigenvalue weighted by Gasteiger charge is 2.57. The maximum absolute atomic E-state index is 11.9. The van der Waals surface area contributed by atoms with Crippen LogP contribution in [-0.4, -0.2) is 17.0 Å². The lowest BCUT2D eigenvalue weighted by Gasteiger charge is -2.17. The molecule has 1 saturated carbocycles. The molecular weight excluding hydrogens is 298 g/mol. The highest BCUT2D eigenvalue weighted by molar-refractivity contribution is 9.10. The molecule has 1 fully saturated rings. The molecule has 0 radical (unpaired) electrons. The third-order valence-electron chi connectivity index (χ3n) is 3.31. The summed E-state index contributed by atoms with van der Waals surface area (Å²) in [5.41, 5.74) is -0.225. The van der Waals surface area contributed by atoms with Crippen LogP contribution in [0, 0.1) is 5.41 Å². The summed E-state index contributed by atoms with van der Waals surface area (Å²) >= 11 is 3.34. The molecule has 96 valence electrons. The summed E-state index contributed by atoms with van der Waals surface area (Å²) in [7, 11) is 0. The van der Waals surface area contributed by atoms with E-state index in [0.717, 1.165) is 10.0 Å². The van der Waals surface area contributed by atoms with Crippen molar-refractivity contribution in [1.82, 2.24) is 5.32 Å². The Morgan fingerprint density at radius 2 is 1.89 bits per heavy atom. The number of rotatable bonds is 4. The van der Waals surface area contributed by atoms with Gasteiger partial charge >= 0.3 is 5.97 Å². The van der Waals surface area contributed by atoms with Crippen LogP contribution in [0.2, 0.25) is 0 Å². The van der Waals surface area contributed by atoms with Crippen LogP contribution in [0.15, 0.2) is 28.7 Å². The number of carboxylic acid groups (broad SMARTS) is 1. The Kier molecular flexibility index (Phi) is 3.43. The minimum Gasteiger partial charge on any atom is -0.480 e. The second kappa shape index (κ2) is 4.72. The first-order valence-corrected chi connectivity index (χ1v) is 6.55. The fourth-order valence-electron chi connectivity index (χ4n) is 1.83. The lowest BCUT2D eigenvalue weighted by atomic mass is 10.0. The van der Waals surface area contributed by atoms with Gasteiger partial charge in [-0.3, -0.25) is 9.59 Å². The molecule has 0 aromatic heterocycles. The number of halogens is 1. The van der Waals surface area contributed by atoms with Crippen molar-refractivity contribution in [2.45, 2.75) is 25.8 Å². The van der Waals surface area contributed by atoms with Gasteiger partial charge in [-0.05, 0) is 37.5 Å². The van der Waals surface area contributed by atoms with Crippen LogP contribution < -0.4 is 5.32 Å². The van der Waals surface area contributed by atoms with E-state index in [9.17, 15) is 9.59 Å². The van der Waals surface area contributed by atoms with E-state index >= 15 is 0 Å². The van der Waals surface area contributed by atoms with E-state index in [2.05, 4.69) is 21.2 Å². The van der Waals surface area contributed by atoms with Crippen LogP contribution in [0.1, 0.15) is 31.4 Å². The number of benzene rings is 1. The van der Waals surface area contributed by atoms with Gasteiger partial charge in [0.25, 0.3) is 0 Å². The van der Waals surface area contributed by atoms with Gasteiger partial charge in [-0.1, -0.05) is 28.1 Å². The Bertz CT molecular complexity index is 480. The minimum absolute atomic E-state index is 0.192. The van der Waals surface area contributed by atoms with Gasteiger partial charge in [-0.2, -0.15) is 0 Å². The summed E-state index contributed by atoms with van der Waals surface area (Å²) in [6.45, 7) is 1.85. The van der Waals surface area contributed by atoms with Crippen molar-refractivity contribution in [1.29, 1.82) is 0 Å². The fraction of sp³-hybridized carbons (Fsp3) is 0.385. The van der Waals surface area contributed by atoms with Gasteiger partial charge in [0, 0.05) is 4.47 Å². The van der Waals surface area contributed by atoms with E-state index < -0.39 is 11.4 Å². The SMILES string of the molecule is CC(NC(=O)C1(C(=O)O)CC1)c1ccc(Br)cc1. The summed E-state index contributed by atoms with van der Waals surface area (Å²) < 4.78 is 0.967. The summed E-state index contributed by atoms with van der Waals surface area (Å²) in [6, 6.07) is 7.39. The molecule has 0 bridgehead atoms. The summed E-state index contributed by atoms with van der Waals surface area (Å²) in [5.74, 6) is -1.41. The molecule has 5 heteroatoms. The monoisotopic (exact) mass is 311 g/mol. The molecule has 1 aliphatic rings. The fourth-order valence-corrected chi connectivity index (χ4v) is 2.10. The Balaban J connectivity index is 2.04. The zero-order valence-electron chi connectivity index (χ0n) is 9.94. The van der Waals surface area contributed by atoms with Crippen molar-refractivity contribution in [2.24, 2.45) is 5.41 Å². The molecular formula is C13H14BrNO3. The molecule has 1 aliphatic carbocycles. The second-order valence-electron chi connectivity index (χ2n) is 4.63. The Morgan fingerprint density at radius 3 is 2.33 bits per heavy atom. The number of amides is 1. The van der Waals surface area contributed by atoms with E-state index in [0.29, 0.717) is 12.8 Å². The first-order chi connectivity index (χ1) is 8.45. The van der Waals surface area contributed by atoms with Crippen LogP contribution >= 0.6 is 15.9 Å². The number of nitrogens with one attached hydrogen (secondary N) is 1. The molecule has 2 rings (SSSR count). The maximum Gasteiger partial charge on any atom is 0.319 e. The number of hydrogen-bond donors (Lipinski definition) is 2. The molecule has 1 aromatic rings. The van der Waals surface area contributed by atoms with E-state index in [1.165, 1.54) is 0 Å². The predicted molar refractivity (Wildman–Crippen MR) is 70.0 cm³/mol. The van der Waals surface area contributed by atoms with Crippen LogP contribution in [0.25, 0.3) is 0 Å². The zero-order valence-corrected chi connectivity index (χ0v) is 11.5. The smallest absolute Gasteiger partial charge is 0.319 e. The van der Waals surface area contributed by atoms with Crippen molar-refractivity contribution >= 4 is 27.8 Å². The molecule has 18 heavy (non-hydrogen) atoms. The van der Waals surface area contributed by atoms with Gasteiger partial charge in [0.1, 0.15) is 5.41 Å². The highest BCUT2D eigenvalue weighted by Crippen LogP contribution is 2.46. The maximum atomic E-state index is 11.9. The largest absolute Gasteiger partial charge is 0.480 e. The Morgan fingerprint density at radius 1 is 1.33 bits per heavy atom. The van der Waals surface area contributed by atoms with Gasteiger partial charge in [-0.15, -0.1) is 0 Å². The van der Waals surface area contributed by atoms with Crippen LogP contribution in [0.3, 0.4) is 0 Å². The molecule has 0 saturated heterocycles. The van der Waals surface area contributed by atoms with Crippen molar-refractivity contribution in [3.05, 3.63) is 34.3 Å². The molecule has 2 N–H and O–H groups in total. The molecule has 0 spiro atoms. The van der Waals surface area contributed by atoms with E-state index in [1.807, 2.05) is 31.2 Å². The van der Waals surface area contributed by atoms with Crippen molar-refractivity contribution in [3.8, 4) is 0 Å². The number of carboxylic acids is 1. The van der Waals surface area contributed by atoms with Gasteiger partial charge < -0.3 is 10.4 Å². The van der Waals surface area contributed by atoms with Crippen molar-refractivity contribution in [2.75, 3.05) is 0 Å². The minimum atomic E-state index is -1.18. The first-order valence-electron chi connectivity index (χ1n) is 5.75. The molecule has 1 atom stereocenters. The standard InChI is InChI=1S/C13H14BrNO3/c1-8(9-2-4-10(14)5-3-9)15-11(16)13(6-7-13)12(17)18/h2-5,8H,6-7H2,1H3,(H,15,16)(H,17,18). The third kappa shape index (κ3) is 2.41. The average molecular weight is 312 g/mol. The van der Waals surface area contributed by atoms with Gasteiger partial charge in [0.15, 0.2) is 0 Å². The molecule has 4 nitrogen and oxygen atoms in total. The van der Waals surface area contributed by atoms with Crippen molar-refractivity contribution < 1.29 is 14.7 Å². The van der Waals surface area contributed by atoms with Crippen LogP contribution in [0.4, 0.5) is 0 Å². The van der Waals surface area contributed by atoms with Crippen LogP contribution in [0.5, 0.6) is 0 Å². The van der Waals surface area contributed by atoms with Gasteiger partial charge in [-0.25, -0.2) is 0 Å². The third-order valence-corrected chi connectivity index (χ3v) is 3.84.